The summed E-state index contributed by atoms with van der Waals surface area (Å²) in [7, 11) is 0. The third-order valence-electron chi connectivity index (χ3n) is 6.50. The van der Waals surface area contributed by atoms with Crippen LogP contribution in [-0.4, -0.2) is 44.5 Å². The van der Waals surface area contributed by atoms with E-state index in [1.807, 2.05) is 31.4 Å². The highest BCUT2D eigenvalue weighted by molar-refractivity contribution is 5.76. The molecule has 9 heteroatoms. The molecule has 0 radical (unpaired) electrons. The number of likely N-dealkylation sites (tertiary alicyclic amines) is 1. The molecule has 0 unspecified atom stereocenters. The number of alkyl halides is 3. The van der Waals surface area contributed by atoms with Crippen LogP contribution >= 0.6 is 0 Å². The molecule has 1 saturated heterocycles. The van der Waals surface area contributed by atoms with Gasteiger partial charge in [0, 0.05) is 49.6 Å². The smallest absolute Gasteiger partial charge is 0.353 e. The van der Waals surface area contributed by atoms with E-state index in [2.05, 4.69) is 20.3 Å². The molecule has 1 fully saturated rings. The molecule has 0 atom stereocenters. The minimum atomic E-state index is -4.33. The van der Waals surface area contributed by atoms with Gasteiger partial charge in [0.15, 0.2) is 5.65 Å². The molecular weight excluding hydrogens is 443 g/mol. The number of nitrogens with one attached hydrogen (secondary N) is 1. The highest BCUT2D eigenvalue weighted by Gasteiger charge is 2.30. The van der Waals surface area contributed by atoms with Gasteiger partial charge in [0.05, 0.1) is 11.3 Å². The molecule has 1 aliphatic rings. The molecule has 3 heterocycles. The second kappa shape index (κ2) is 9.74. The summed E-state index contributed by atoms with van der Waals surface area (Å²) in [6.07, 6.45) is -1.80. The van der Waals surface area contributed by atoms with E-state index in [9.17, 15) is 18.0 Å². The molecule has 3 aromatic rings. The van der Waals surface area contributed by atoms with Crippen molar-refractivity contribution in [3.8, 4) is 0 Å². The van der Waals surface area contributed by atoms with Crippen molar-refractivity contribution in [1.82, 2.24) is 24.8 Å². The number of halogens is 3. The van der Waals surface area contributed by atoms with Crippen LogP contribution in [0, 0.1) is 20.8 Å². The van der Waals surface area contributed by atoms with E-state index >= 15 is 0 Å². The number of rotatable bonds is 6. The van der Waals surface area contributed by atoms with Crippen LogP contribution in [0.4, 0.5) is 13.2 Å². The van der Waals surface area contributed by atoms with Crippen LogP contribution in [0.15, 0.2) is 30.3 Å². The van der Waals surface area contributed by atoms with Crippen LogP contribution in [-0.2, 0) is 23.9 Å². The first kappa shape index (κ1) is 24.2. The van der Waals surface area contributed by atoms with Crippen LogP contribution in [0.2, 0.25) is 0 Å². The Balaban J connectivity index is 1.26. The molecule has 0 saturated carbocycles. The number of benzene rings is 1. The Labute approximate surface area is 197 Å². The number of fused-ring (bicyclic) bond motifs is 1. The van der Waals surface area contributed by atoms with Crippen molar-refractivity contribution in [2.75, 3.05) is 13.1 Å². The van der Waals surface area contributed by atoms with E-state index < -0.39 is 11.7 Å². The summed E-state index contributed by atoms with van der Waals surface area (Å²) in [6.45, 7) is 7.84. The third kappa shape index (κ3) is 5.58. The van der Waals surface area contributed by atoms with Gasteiger partial charge >= 0.3 is 6.18 Å². The summed E-state index contributed by atoms with van der Waals surface area (Å²) in [6, 6.07) is 7.52. The number of aromatic nitrogens is 3. The number of piperidine rings is 1. The van der Waals surface area contributed by atoms with Gasteiger partial charge in [-0.2, -0.15) is 18.3 Å². The maximum Gasteiger partial charge on any atom is 0.416 e. The number of hydrogen-bond acceptors (Lipinski definition) is 4. The Kier molecular flexibility index (Phi) is 6.93. The summed E-state index contributed by atoms with van der Waals surface area (Å²) < 4.78 is 40.7. The number of aryl methyl sites for hydroxylation is 3. The van der Waals surface area contributed by atoms with Crippen molar-refractivity contribution >= 4 is 11.6 Å². The molecule has 34 heavy (non-hydrogen) atoms. The van der Waals surface area contributed by atoms with Crippen LogP contribution in [0.25, 0.3) is 5.65 Å². The fourth-order valence-electron chi connectivity index (χ4n) is 4.68. The Hall–Kier alpha value is -2.94. The van der Waals surface area contributed by atoms with Crippen molar-refractivity contribution in [3.63, 3.8) is 0 Å². The maximum atomic E-state index is 12.9. The number of carbonyl (C=O) groups is 1. The molecule has 1 N–H and O–H groups in total. The Morgan fingerprint density at radius 2 is 1.88 bits per heavy atom. The van der Waals surface area contributed by atoms with Crippen LogP contribution < -0.4 is 5.32 Å². The highest BCUT2D eigenvalue weighted by atomic mass is 19.4. The quantitative estimate of drug-likeness (QED) is 0.577. The Bertz CT molecular complexity index is 1180. The molecule has 1 aromatic carbocycles. The minimum absolute atomic E-state index is 0.00636. The zero-order chi connectivity index (χ0) is 24.5. The van der Waals surface area contributed by atoms with Gasteiger partial charge in [-0.3, -0.25) is 9.69 Å². The molecule has 1 aliphatic heterocycles. The largest absolute Gasteiger partial charge is 0.416 e. The summed E-state index contributed by atoms with van der Waals surface area (Å²) in [5.41, 5.74) is 4.73. The second-order valence-corrected chi connectivity index (χ2v) is 9.13. The number of amides is 1. The van der Waals surface area contributed by atoms with Gasteiger partial charge in [-0.1, -0.05) is 18.2 Å². The Morgan fingerprint density at radius 3 is 2.59 bits per heavy atom. The maximum absolute atomic E-state index is 12.9. The van der Waals surface area contributed by atoms with E-state index in [0.29, 0.717) is 24.9 Å². The monoisotopic (exact) mass is 473 g/mol. The van der Waals surface area contributed by atoms with Gasteiger partial charge in [0.1, 0.15) is 0 Å². The summed E-state index contributed by atoms with van der Waals surface area (Å²) >= 11 is 0. The second-order valence-electron chi connectivity index (χ2n) is 9.13. The molecule has 4 rings (SSSR count). The van der Waals surface area contributed by atoms with Gasteiger partial charge in [0.25, 0.3) is 0 Å². The number of nitrogens with zero attached hydrogens (tertiary/aromatic N) is 4. The van der Waals surface area contributed by atoms with Crippen molar-refractivity contribution < 1.29 is 18.0 Å². The molecule has 0 bridgehead atoms. The lowest BCUT2D eigenvalue weighted by Crippen LogP contribution is -2.44. The fraction of sp³-hybridized carbons (Fsp3) is 0.480. The highest BCUT2D eigenvalue weighted by Crippen LogP contribution is 2.30. The van der Waals surface area contributed by atoms with Gasteiger partial charge < -0.3 is 5.32 Å². The molecule has 6 nitrogen and oxygen atoms in total. The summed E-state index contributed by atoms with van der Waals surface area (Å²) in [5, 5.41) is 7.61. The lowest BCUT2D eigenvalue weighted by molar-refractivity contribution is -0.137. The predicted molar refractivity (Wildman–Crippen MR) is 123 cm³/mol. The van der Waals surface area contributed by atoms with Crippen LogP contribution in [0.3, 0.4) is 0 Å². The first-order valence-electron chi connectivity index (χ1n) is 11.6. The molecule has 182 valence electrons. The van der Waals surface area contributed by atoms with Gasteiger partial charge in [-0.05, 0) is 57.2 Å². The fourth-order valence-corrected chi connectivity index (χ4v) is 4.68. The number of carbonyl (C=O) groups excluding carboxylic acids is 1. The van der Waals surface area contributed by atoms with Gasteiger partial charge in [-0.15, -0.1) is 0 Å². The van der Waals surface area contributed by atoms with Crippen LogP contribution in [0.5, 0.6) is 0 Å². The Morgan fingerprint density at radius 1 is 1.15 bits per heavy atom. The molecule has 0 aliphatic carbocycles. The van der Waals surface area contributed by atoms with E-state index in [4.69, 9.17) is 0 Å². The SMILES string of the molecule is Cc1cc2nc(C)c(CCC(=O)NC3CCN(Cc4cccc(C(F)(F)F)c4)CC3)c(C)n2n1. The van der Waals surface area contributed by atoms with Gasteiger partial charge in [-0.25, -0.2) is 9.50 Å². The standard InChI is InChI=1S/C25H30F3N5O/c1-16-13-23-29-17(2)22(18(3)33(23)31-16)7-8-24(34)30-21-9-11-32(12-10-21)15-19-5-4-6-20(14-19)25(26,27)28/h4-6,13-14,21H,7-12,15H2,1-3H3,(H,30,34). The lowest BCUT2D eigenvalue weighted by atomic mass is 10.0. The molecule has 1 amide bonds. The zero-order valence-electron chi connectivity index (χ0n) is 19.7. The van der Waals surface area contributed by atoms with Crippen molar-refractivity contribution in [3.05, 3.63) is 64.1 Å². The molecule has 0 spiro atoms. The predicted octanol–water partition coefficient (Wildman–Crippen LogP) is 4.39. The van der Waals surface area contributed by atoms with Gasteiger partial charge in [0.2, 0.25) is 5.91 Å². The minimum Gasteiger partial charge on any atom is -0.353 e. The molecule has 2 aromatic heterocycles. The van der Waals surface area contributed by atoms with E-state index in [1.54, 1.807) is 6.07 Å². The van der Waals surface area contributed by atoms with Crippen LogP contribution in [0.1, 0.15) is 53.0 Å². The third-order valence-corrected chi connectivity index (χ3v) is 6.50. The van der Waals surface area contributed by atoms with Crippen molar-refractivity contribution in [1.29, 1.82) is 0 Å². The zero-order valence-corrected chi connectivity index (χ0v) is 19.7. The lowest BCUT2D eigenvalue weighted by Gasteiger charge is -2.32. The van der Waals surface area contributed by atoms with E-state index in [1.165, 1.54) is 12.1 Å². The summed E-state index contributed by atoms with van der Waals surface area (Å²) in [5.74, 6) is 0.00636. The van der Waals surface area contributed by atoms with E-state index in [0.717, 1.165) is 60.3 Å². The average Bonchev–Trinajstić information content (AvgIpc) is 3.15. The normalized spacial score (nSPS) is 15.7. The topological polar surface area (TPSA) is 62.5 Å². The van der Waals surface area contributed by atoms with Crippen molar-refractivity contribution in [2.24, 2.45) is 0 Å². The average molecular weight is 474 g/mol. The first-order chi connectivity index (χ1) is 16.1. The van der Waals surface area contributed by atoms with E-state index in [-0.39, 0.29) is 11.9 Å². The molecular formula is C25H30F3N5O. The van der Waals surface area contributed by atoms with Crippen molar-refractivity contribution in [2.45, 2.75) is 65.2 Å². The number of hydrogen-bond donors (Lipinski definition) is 1. The first-order valence-corrected chi connectivity index (χ1v) is 11.6. The summed E-state index contributed by atoms with van der Waals surface area (Å²) in [4.78, 5) is 19.4.